The lowest BCUT2D eigenvalue weighted by molar-refractivity contribution is -0.121. The number of amides is 2. The number of imide groups is 1. The summed E-state index contributed by atoms with van der Waals surface area (Å²) in [4.78, 5) is 56.4. The zero-order chi connectivity index (χ0) is 28.8. The van der Waals surface area contributed by atoms with E-state index in [4.69, 9.17) is 9.47 Å². The second-order valence-corrected chi connectivity index (χ2v) is 10.4. The third-order valence-electron chi connectivity index (χ3n) is 6.14. The Labute approximate surface area is 236 Å². The van der Waals surface area contributed by atoms with Gasteiger partial charge in [0, 0.05) is 17.7 Å². The number of aromatic nitrogens is 1. The van der Waals surface area contributed by atoms with E-state index in [0.29, 0.717) is 34.2 Å². The molecule has 0 aliphatic carbocycles. The van der Waals surface area contributed by atoms with Gasteiger partial charge < -0.3 is 9.47 Å². The van der Waals surface area contributed by atoms with E-state index < -0.39 is 29.6 Å². The highest BCUT2D eigenvalue weighted by Gasteiger charge is 2.40. The average molecular weight is 558 g/mol. The molecular formula is C30H27N3O6S. The summed E-state index contributed by atoms with van der Waals surface area (Å²) in [6.07, 6.45) is -0.0423. The number of carbonyl (C=O) groups is 4. The highest BCUT2D eigenvalue weighted by Crippen LogP contribution is 2.35. The van der Waals surface area contributed by atoms with Gasteiger partial charge in [-0.05, 0) is 73.5 Å². The SMILES string of the molecule is CCOc1ccc(C(=O)COC(=O)c2ccc(N3C(=O)CC(Sc4nc(C(C)C)ccc4C#N)C3=O)cc2)cc1. The molecule has 1 saturated heterocycles. The zero-order valence-corrected chi connectivity index (χ0v) is 23.1. The number of pyridine rings is 1. The van der Waals surface area contributed by atoms with Gasteiger partial charge in [0.2, 0.25) is 11.8 Å². The van der Waals surface area contributed by atoms with Crippen molar-refractivity contribution in [2.75, 3.05) is 18.1 Å². The molecule has 40 heavy (non-hydrogen) atoms. The number of nitrogens with zero attached hydrogens (tertiary/aromatic N) is 3. The maximum absolute atomic E-state index is 13.2. The highest BCUT2D eigenvalue weighted by atomic mass is 32.2. The minimum atomic E-state index is -0.729. The van der Waals surface area contributed by atoms with Crippen LogP contribution in [-0.4, -0.2) is 47.0 Å². The zero-order valence-electron chi connectivity index (χ0n) is 22.2. The summed E-state index contributed by atoms with van der Waals surface area (Å²) < 4.78 is 10.5. The molecule has 204 valence electrons. The van der Waals surface area contributed by atoms with Gasteiger partial charge in [-0.1, -0.05) is 25.6 Å². The molecule has 1 aliphatic rings. The number of hydrogen-bond acceptors (Lipinski definition) is 9. The number of ketones is 1. The second-order valence-electron chi connectivity index (χ2n) is 9.24. The van der Waals surface area contributed by atoms with Crippen LogP contribution in [0.2, 0.25) is 0 Å². The van der Waals surface area contributed by atoms with Gasteiger partial charge in [0.25, 0.3) is 0 Å². The molecule has 1 fully saturated rings. The lowest BCUT2D eigenvalue weighted by Gasteiger charge is -2.16. The normalized spacial score (nSPS) is 14.8. The monoisotopic (exact) mass is 557 g/mol. The quantitative estimate of drug-likeness (QED) is 0.193. The summed E-state index contributed by atoms with van der Waals surface area (Å²) in [6.45, 7) is 5.89. The molecule has 3 aromatic rings. The Hall–Kier alpha value is -4.49. The molecule has 0 saturated carbocycles. The van der Waals surface area contributed by atoms with Crippen LogP contribution in [-0.2, 0) is 14.3 Å². The van der Waals surface area contributed by atoms with Crippen molar-refractivity contribution in [1.82, 2.24) is 4.98 Å². The van der Waals surface area contributed by atoms with Gasteiger partial charge in [-0.15, -0.1) is 0 Å². The number of rotatable bonds is 10. The number of carbonyl (C=O) groups excluding carboxylic acids is 4. The molecule has 2 aromatic carbocycles. The summed E-state index contributed by atoms with van der Waals surface area (Å²) in [5.41, 5.74) is 2.00. The molecule has 1 aromatic heterocycles. The fourth-order valence-electron chi connectivity index (χ4n) is 4.00. The van der Waals surface area contributed by atoms with Crippen LogP contribution in [0, 0.1) is 11.3 Å². The summed E-state index contributed by atoms with van der Waals surface area (Å²) in [6, 6.07) is 17.9. The van der Waals surface area contributed by atoms with Gasteiger partial charge >= 0.3 is 5.97 Å². The summed E-state index contributed by atoms with van der Waals surface area (Å²) >= 11 is 1.10. The topological polar surface area (TPSA) is 127 Å². The van der Waals surface area contributed by atoms with Gasteiger partial charge in [0.15, 0.2) is 12.4 Å². The number of ether oxygens (including phenoxy) is 2. The smallest absolute Gasteiger partial charge is 0.338 e. The van der Waals surface area contributed by atoms with Gasteiger partial charge in [0.05, 0.1) is 28.7 Å². The molecular weight excluding hydrogens is 530 g/mol. The van der Waals surface area contributed by atoms with Crippen molar-refractivity contribution in [3.63, 3.8) is 0 Å². The lowest BCUT2D eigenvalue weighted by Crippen LogP contribution is -2.31. The molecule has 1 atom stereocenters. The first-order chi connectivity index (χ1) is 19.2. The number of hydrogen-bond donors (Lipinski definition) is 0. The van der Waals surface area contributed by atoms with Crippen molar-refractivity contribution < 1.29 is 28.7 Å². The van der Waals surface area contributed by atoms with Gasteiger partial charge in [-0.3, -0.25) is 14.4 Å². The van der Waals surface area contributed by atoms with E-state index in [1.54, 1.807) is 36.4 Å². The third kappa shape index (κ3) is 6.38. The third-order valence-corrected chi connectivity index (χ3v) is 7.32. The first-order valence-electron chi connectivity index (χ1n) is 12.7. The van der Waals surface area contributed by atoms with Gasteiger partial charge in [-0.25, -0.2) is 14.7 Å². The van der Waals surface area contributed by atoms with Crippen LogP contribution in [0.1, 0.15) is 65.1 Å². The van der Waals surface area contributed by atoms with E-state index in [9.17, 15) is 24.4 Å². The number of esters is 1. The van der Waals surface area contributed by atoms with E-state index in [0.717, 1.165) is 22.4 Å². The number of nitriles is 1. The van der Waals surface area contributed by atoms with E-state index in [-0.39, 0.29) is 23.7 Å². The minimum Gasteiger partial charge on any atom is -0.494 e. The average Bonchev–Trinajstić information content (AvgIpc) is 3.24. The van der Waals surface area contributed by atoms with Crippen molar-refractivity contribution in [2.24, 2.45) is 0 Å². The first-order valence-corrected chi connectivity index (χ1v) is 13.6. The molecule has 2 heterocycles. The molecule has 9 nitrogen and oxygen atoms in total. The standard InChI is InChI=1S/C30H27N3O6S/c1-4-38-23-12-7-19(8-13-23)25(34)17-39-30(37)20-5-10-22(11-6-20)33-27(35)15-26(29(33)36)40-28-21(16-31)9-14-24(32-28)18(2)3/h5-14,18,26H,4,15,17H2,1-3H3. The van der Waals surface area contributed by atoms with Crippen molar-refractivity contribution in [3.05, 3.63) is 83.0 Å². The number of thioether (sulfide) groups is 1. The van der Waals surface area contributed by atoms with Crippen LogP contribution in [0.4, 0.5) is 5.69 Å². The van der Waals surface area contributed by atoms with E-state index in [1.807, 2.05) is 20.8 Å². The molecule has 0 N–H and O–H groups in total. The van der Waals surface area contributed by atoms with Gasteiger partial charge in [0.1, 0.15) is 16.8 Å². The summed E-state index contributed by atoms with van der Waals surface area (Å²) in [5, 5.41) is 9.16. The molecule has 10 heteroatoms. The largest absolute Gasteiger partial charge is 0.494 e. The van der Waals surface area contributed by atoms with Crippen LogP contribution < -0.4 is 9.64 Å². The Bertz CT molecular complexity index is 1480. The molecule has 0 bridgehead atoms. The fraction of sp³-hybridized carbons (Fsp3) is 0.267. The van der Waals surface area contributed by atoms with Crippen molar-refractivity contribution in [2.45, 2.75) is 43.4 Å². The Morgan fingerprint density at radius 2 is 1.73 bits per heavy atom. The Balaban J connectivity index is 1.39. The van der Waals surface area contributed by atoms with Crippen LogP contribution >= 0.6 is 11.8 Å². The fourth-order valence-corrected chi connectivity index (χ4v) is 5.10. The number of anilines is 1. The van der Waals surface area contributed by atoms with Gasteiger partial charge in [-0.2, -0.15) is 5.26 Å². The van der Waals surface area contributed by atoms with Crippen LogP contribution in [0.3, 0.4) is 0 Å². The molecule has 2 amide bonds. The van der Waals surface area contributed by atoms with Crippen LogP contribution in [0.25, 0.3) is 0 Å². The first kappa shape index (κ1) is 28.5. The predicted molar refractivity (Wildman–Crippen MR) is 148 cm³/mol. The van der Waals surface area contributed by atoms with Crippen molar-refractivity contribution in [1.29, 1.82) is 5.26 Å². The number of benzene rings is 2. The highest BCUT2D eigenvalue weighted by molar-refractivity contribution is 8.00. The molecule has 0 spiro atoms. The second kappa shape index (κ2) is 12.6. The maximum Gasteiger partial charge on any atom is 0.338 e. The summed E-state index contributed by atoms with van der Waals surface area (Å²) in [7, 11) is 0. The Morgan fingerprint density at radius 3 is 2.35 bits per heavy atom. The lowest BCUT2D eigenvalue weighted by atomic mass is 10.1. The van der Waals surface area contributed by atoms with E-state index >= 15 is 0 Å². The molecule has 0 radical (unpaired) electrons. The minimum absolute atomic E-state index is 0.0423. The Morgan fingerprint density at radius 1 is 1.05 bits per heavy atom. The molecule has 4 rings (SSSR count). The van der Waals surface area contributed by atoms with Crippen molar-refractivity contribution >= 4 is 41.0 Å². The Kier molecular flexibility index (Phi) is 8.97. The maximum atomic E-state index is 13.2. The van der Waals surface area contributed by atoms with Crippen molar-refractivity contribution in [3.8, 4) is 11.8 Å². The molecule has 1 unspecified atom stereocenters. The summed E-state index contributed by atoms with van der Waals surface area (Å²) in [5.74, 6) is -1.11. The van der Waals surface area contributed by atoms with Crippen LogP contribution in [0.5, 0.6) is 5.75 Å². The van der Waals surface area contributed by atoms with Crippen LogP contribution in [0.15, 0.2) is 65.7 Å². The predicted octanol–water partition coefficient (Wildman–Crippen LogP) is 4.94. The van der Waals surface area contributed by atoms with E-state index in [2.05, 4.69) is 11.1 Å². The van der Waals surface area contributed by atoms with E-state index in [1.165, 1.54) is 24.3 Å². The molecule has 1 aliphatic heterocycles. The number of Topliss-reactive ketones (excluding diaryl/α,β-unsaturated/α-hetero) is 1.